The molecule has 8 nitrogen and oxygen atoms in total. The highest BCUT2D eigenvalue weighted by molar-refractivity contribution is 7.99. The van der Waals surface area contributed by atoms with Crippen LogP contribution in [0.4, 0.5) is 10.1 Å². The van der Waals surface area contributed by atoms with Crippen LogP contribution in [0.25, 0.3) is 22.8 Å². The fourth-order valence-corrected chi connectivity index (χ4v) is 3.69. The number of nitrogens with one attached hydrogen (secondary N) is 2. The van der Waals surface area contributed by atoms with Crippen molar-refractivity contribution in [3.05, 3.63) is 65.5 Å². The average Bonchev–Trinajstić information content (AvgIpc) is 3.36. The van der Waals surface area contributed by atoms with Crippen LogP contribution in [0.15, 0.2) is 53.7 Å². The fourth-order valence-electron chi connectivity index (χ4n) is 3.03. The van der Waals surface area contributed by atoms with Crippen LogP contribution in [-0.4, -0.2) is 36.7 Å². The second-order valence-electron chi connectivity index (χ2n) is 7.01. The Balaban J connectivity index is 1.42. The number of nitrogen functional groups attached to an aromatic ring is 1. The summed E-state index contributed by atoms with van der Waals surface area (Å²) >= 11 is 1.18. The summed E-state index contributed by atoms with van der Waals surface area (Å²) in [5.74, 6) is 6.15. The second-order valence-corrected chi connectivity index (χ2v) is 7.95. The molecule has 2 aromatic heterocycles. The van der Waals surface area contributed by atoms with Crippen LogP contribution in [0.5, 0.6) is 0 Å². The number of hydrogen-bond donors (Lipinski definition) is 3. The number of anilines is 1. The molecule has 10 heteroatoms. The summed E-state index contributed by atoms with van der Waals surface area (Å²) in [6.07, 6.45) is 0. The van der Waals surface area contributed by atoms with Gasteiger partial charge in [0.2, 0.25) is 16.9 Å². The van der Waals surface area contributed by atoms with Crippen molar-refractivity contribution >= 4 is 23.4 Å². The minimum Gasteiger partial charge on any atom is -0.335 e. The maximum atomic E-state index is 13.1. The van der Waals surface area contributed by atoms with Gasteiger partial charge >= 0.3 is 0 Å². The highest BCUT2D eigenvalue weighted by Crippen LogP contribution is 2.25. The zero-order valence-electron chi connectivity index (χ0n) is 16.9. The summed E-state index contributed by atoms with van der Waals surface area (Å²) in [7, 11) is 0. The van der Waals surface area contributed by atoms with Crippen LogP contribution < -0.4 is 11.2 Å². The fraction of sp³-hybridized carbons (Fsp3) is 0.143. The van der Waals surface area contributed by atoms with Gasteiger partial charge in [-0.3, -0.25) is 9.89 Å². The molecule has 158 valence electrons. The van der Waals surface area contributed by atoms with Gasteiger partial charge < -0.3 is 11.2 Å². The number of aryl methyl sites for hydroxylation is 2. The van der Waals surface area contributed by atoms with E-state index in [-0.39, 0.29) is 17.5 Å². The topological polar surface area (TPSA) is 115 Å². The summed E-state index contributed by atoms with van der Waals surface area (Å²) in [4.78, 5) is 12.3. The highest BCUT2D eigenvalue weighted by Gasteiger charge is 2.16. The van der Waals surface area contributed by atoms with Gasteiger partial charge in [-0.15, -0.1) is 10.2 Å². The number of aromatic nitrogens is 5. The molecular weight excluding hydrogens is 417 g/mol. The van der Waals surface area contributed by atoms with Gasteiger partial charge in [0.1, 0.15) is 11.5 Å². The molecule has 0 saturated heterocycles. The van der Waals surface area contributed by atoms with Crippen molar-refractivity contribution in [3.8, 4) is 22.8 Å². The average molecular weight is 438 g/mol. The number of carbonyl (C=O) groups is 1. The van der Waals surface area contributed by atoms with Crippen molar-refractivity contribution in [1.29, 1.82) is 0 Å². The summed E-state index contributed by atoms with van der Waals surface area (Å²) in [5.41, 5.74) is 4.84. The number of nitrogens with zero attached hydrogens (tertiary/aromatic N) is 4. The van der Waals surface area contributed by atoms with Gasteiger partial charge in [0.25, 0.3) is 0 Å². The lowest BCUT2D eigenvalue weighted by Gasteiger charge is -2.08. The highest BCUT2D eigenvalue weighted by atomic mass is 32.2. The van der Waals surface area contributed by atoms with E-state index in [0.29, 0.717) is 22.4 Å². The molecule has 0 spiro atoms. The number of hydrogen-bond acceptors (Lipinski definition) is 6. The summed E-state index contributed by atoms with van der Waals surface area (Å²) < 4.78 is 14.4. The number of nitrogens with two attached hydrogens (primary N) is 1. The SMILES string of the molecule is Cc1ccc(NC(=O)CSc2nnc(-c3cc(-c4ccc(F)cc4)n[nH]3)n2N)c(C)c1. The number of carbonyl (C=O) groups excluding carboxylic acids is 1. The van der Waals surface area contributed by atoms with E-state index in [0.717, 1.165) is 22.4 Å². The number of benzene rings is 2. The van der Waals surface area contributed by atoms with Crippen molar-refractivity contribution in [1.82, 2.24) is 25.1 Å². The minimum absolute atomic E-state index is 0.131. The van der Waals surface area contributed by atoms with E-state index in [1.54, 1.807) is 18.2 Å². The summed E-state index contributed by atoms with van der Waals surface area (Å²) in [6, 6.07) is 13.6. The molecule has 0 saturated carbocycles. The Morgan fingerprint density at radius 3 is 2.68 bits per heavy atom. The molecule has 0 fully saturated rings. The van der Waals surface area contributed by atoms with Crippen LogP contribution in [-0.2, 0) is 4.79 Å². The number of aromatic amines is 1. The first-order valence-electron chi connectivity index (χ1n) is 9.43. The van der Waals surface area contributed by atoms with E-state index in [1.165, 1.54) is 28.6 Å². The minimum atomic E-state index is -0.315. The van der Waals surface area contributed by atoms with Crippen LogP contribution in [0.2, 0.25) is 0 Å². The largest absolute Gasteiger partial charge is 0.335 e. The Kier molecular flexibility index (Phi) is 5.72. The third-order valence-electron chi connectivity index (χ3n) is 4.61. The van der Waals surface area contributed by atoms with Crippen LogP contribution >= 0.6 is 11.8 Å². The molecule has 4 rings (SSSR count). The molecule has 0 aliphatic heterocycles. The normalized spacial score (nSPS) is 10.9. The maximum absolute atomic E-state index is 13.1. The Bertz CT molecular complexity index is 1230. The maximum Gasteiger partial charge on any atom is 0.234 e. The standard InChI is InChI=1S/C21H20FN7OS/c1-12-3-8-16(13(2)9-12)24-19(30)11-31-21-28-27-20(29(21)23)18-10-17(25-26-18)14-4-6-15(22)7-5-14/h3-10H,11,23H2,1-2H3,(H,24,30)(H,25,26). The third kappa shape index (κ3) is 4.58. The van der Waals surface area contributed by atoms with Gasteiger partial charge in [0.05, 0.1) is 11.4 Å². The first-order chi connectivity index (χ1) is 14.9. The number of amides is 1. The zero-order valence-corrected chi connectivity index (χ0v) is 17.7. The second kappa shape index (κ2) is 8.60. The van der Waals surface area contributed by atoms with Gasteiger partial charge in [0.15, 0.2) is 0 Å². The molecule has 4 N–H and O–H groups in total. The molecular formula is C21H20FN7OS. The molecule has 0 unspecified atom stereocenters. The zero-order chi connectivity index (χ0) is 22.0. The van der Waals surface area contributed by atoms with Crippen molar-refractivity contribution in [2.75, 3.05) is 16.9 Å². The predicted octanol–water partition coefficient (Wildman–Crippen LogP) is 3.54. The molecule has 2 heterocycles. The van der Waals surface area contributed by atoms with E-state index in [1.807, 2.05) is 32.0 Å². The molecule has 31 heavy (non-hydrogen) atoms. The lowest BCUT2D eigenvalue weighted by Crippen LogP contribution is -2.17. The molecule has 1 amide bonds. The van der Waals surface area contributed by atoms with Gasteiger partial charge in [-0.2, -0.15) is 5.10 Å². The first kappa shape index (κ1) is 20.6. The molecule has 0 aliphatic carbocycles. The molecule has 0 radical (unpaired) electrons. The van der Waals surface area contributed by atoms with E-state index >= 15 is 0 Å². The van der Waals surface area contributed by atoms with E-state index in [2.05, 4.69) is 25.7 Å². The number of rotatable bonds is 6. The van der Waals surface area contributed by atoms with Crippen molar-refractivity contribution in [2.45, 2.75) is 19.0 Å². The quantitative estimate of drug-likeness (QED) is 0.314. The van der Waals surface area contributed by atoms with Crippen LogP contribution in [0, 0.1) is 19.7 Å². The van der Waals surface area contributed by atoms with Gasteiger partial charge in [-0.25, -0.2) is 9.07 Å². The predicted molar refractivity (Wildman–Crippen MR) is 118 cm³/mol. The molecule has 2 aromatic carbocycles. The third-order valence-corrected chi connectivity index (χ3v) is 5.55. The number of H-pyrrole nitrogens is 1. The lowest BCUT2D eigenvalue weighted by molar-refractivity contribution is -0.113. The summed E-state index contributed by atoms with van der Waals surface area (Å²) in [5, 5.41) is 18.5. The first-order valence-corrected chi connectivity index (χ1v) is 10.4. The van der Waals surface area contributed by atoms with Crippen LogP contribution in [0.1, 0.15) is 11.1 Å². The smallest absolute Gasteiger partial charge is 0.234 e. The number of halogens is 1. The molecule has 0 aliphatic rings. The monoisotopic (exact) mass is 437 g/mol. The molecule has 0 atom stereocenters. The van der Waals surface area contributed by atoms with E-state index in [4.69, 9.17) is 5.84 Å². The van der Waals surface area contributed by atoms with Gasteiger partial charge in [0, 0.05) is 11.3 Å². The Labute approximate surface area is 182 Å². The summed E-state index contributed by atoms with van der Waals surface area (Å²) in [6.45, 7) is 3.95. The van der Waals surface area contributed by atoms with Gasteiger partial charge in [-0.1, -0.05) is 29.5 Å². The van der Waals surface area contributed by atoms with Crippen molar-refractivity contribution in [3.63, 3.8) is 0 Å². The van der Waals surface area contributed by atoms with Crippen molar-refractivity contribution < 1.29 is 9.18 Å². The van der Waals surface area contributed by atoms with E-state index < -0.39 is 0 Å². The molecule has 0 bridgehead atoms. The molecule has 4 aromatic rings. The Morgan fingerprint density at radius 2 is 1.94 bits per heavy atom. The van der Waals surface area contributed by atoms with Crippen LogP contribution in [0.3, 0.4) is 0 Å². The Hall–Kier alpha value is -3.66. The number of thioether (sulfide) groups is 1. The lowest BCUT2D eigenvalue weighted by atomic mass is 10.1. The van der Waals surface area contributed by atoms with Crippen molar-refractivity contribution in [2.24, 2.45) is 0 Å². The Morgan fingerprint density at radius 1 is 1.16 bits per heavy atom. The van der Waals surface area contributed by atoms with E-state index in [9.17, 15) is 9.18 Å². The van der Waals surface area contributed by atoms with Gasteiger partial charge in [-0.05, 0) is 55.8 Å².